The van der Waals surface area contributed by atoms with E-state index >= 15 is 0 Å². The van der Waals surface area contributed by atoms with Crippen LogP contribution in [-0.4, -0.2) is 22.0 Å². The number of allylic oxidation sites excluding steroid dienone is 2. The fourth-order valence-corrected chi connectivity index (χ4v) is 4.69. The Balaban J connectivity index is 1.47. The smallest absolute Gasteiger partial charge is 0.181 e. The first-order valence-electron chi connectivity index (χ1n) is 13.2. The van der Waals surface area contributed by atoms with Gasteiger partial charge in [-0.2, -0.15) is 0 Å². The number of aromatic nitrogens is 1. The highest BCUT2D eigenvalue weighted by Crippen LogP contribution is 2.31. The van der Waals surface area contributed by atoms with E-state index in [4.69, 9.17) is 10.1 Å². The molecule has 4 aromatic carbocycles. The molecule has 6 rings (SSSR count). The Hall–Kier alpha value is -5.35. The quantitative estimate of drug-likeness (QED) is 0.201. The average Bonchev–Trinajstić information content (AvgIpc) is 3.63. The Morgan fingerprint density at radius 3 is 1.93 bits per heavy atom. The van der Waals surface area contributed by atoms with Crippen molar-refractivity contribution in [2.45, 2.75) is 6.92 Å². The van der Waals surface area contributed by atoms with Gasteiger partial charge in [-0.15, -0.1) is 5.10 Å². The Morgan fingerprint density at radius 2 is 1.30 bits per heavy atom. The Labute approximate surface area is 234 Å². The van der Waals surface area contributed by atoms with E-state index in [0.29, 0.717) is 5.84 Å². The van der Waals surface area contributed by atoms with Gasteiger partial charge in [0, 0.05) is 28.5 Å². The summed E-state index contributed by atoms with van der Waals surface area (Å²) in [6.45, 7) is 1.55. The van der Waals surface area contributed by atoms with Crippen molar-refractivity contribution in [3.63, 3.8) is 0 Å². The monoisotopic (exact) mass is 517 g/mol. The van der Waals surface area contributed by atoms with E-state index in [9.17, 15) is 4.79 Å². The van der Waals surface area contributed by atoms with Gasteiger partial charge >= 0.3 is 0 Å². The molecular formula is C36H27N3O. The molecular weight excluding hydrogens is 490 g/mol. The topological polar surface area (TPSA) is 46.7 Å². The van der Waals surface area contributed by atoms with Gasteiger partial charge in [0.15, 0.2) is 11.6 Å². The first-order valence-corrected chi connectivity index (χ1v) is 13.2. The number of amidine groups is 1. The van der Waals surface area contributed by atoms with Crippen LogP contribution in [-0.2, 0) is 4.79 Å². The van der Waals surface area contributed by atoms with E-state index in [1.807, 2.05) is 89.6 Å². The lowest BCUT2D eigenvalue weighted by atomic mass is 10.0. The van der Waals surface area contributed by atoms with Gasteiger partial charge in [-0.25, -0.2) is 9.67 Å². The summed E-state index contributed by atoms with van der Waals surface area (Å²) in [4.78, 5) is 16.4. The molecule has 5 aromatic rings. The van der Waals surface area contributed by atoms with E-state index < -0.39 is 0 Å². The lowest BCUT2D eigenvalue weighted by molar-refractivity contribution is -0.112. The first-order chi connectivity index (χ1) is 19.6. The predicted octanol–water partition coefficient (Wildman–Crippen LogP) is 8.17. The van der Waals surface area contributed by atoms with Gasteiger partial charge in [0.1, 0.15) is 0 Å². The van der Waals surface area contributed by atoms with Crippen molar-refractivity contribution in [1.29, 1.82) is 0 Å². The molecule has 0 spiro atoms. The molecule has 0 saturated carbocycles. The van der Waals surface area contributed by atoms with Gasteiger partial charge in [-0.3, -0.25) is 4.79 Å². The number of hydrogen-bond acceptors (Lipinski definition) is 2. The van der Waals surface area contributed by atoms with Crippen LogP contribution in [0.5, 0.6) is 0 Å². The number of aliphatic imine (C=N–C) groups is 1. The lowest BCUT2D eigenvalue weighted by Crippen LogP contribution is -2.01. The molecule has 2 heterocycles. The molecule has 4 heteroatoms. The molecule has 0 bridgehead atoms. The maximum atomic E-state index is 11.4. The number of ketones is 1. The SMILES string of the molecule is CC(=O)/C=C/c1ccc(C2=CC(c3ccccc3)=N/C2=N\n2cc(-c3ccccc3)cc2-c2ccccc2)cc1. The van der Waals surface area contributed by atoms with E-state index in [2.05, 4.69) is 54.7 Å². The summed E-state index contributed by atoms with van der Waals surface area (Å²) < 4.78 is 1.93. The molecule has 4 nitrogen and oxygen atoms in total. The number of carbonyl (C=O) groups is 1. The number of nitrogens with zero attached hydrogens (tertiary/aromatic N) is 3. The fraction of sp³-hybridized carbons (Fsp3) is 0.0278. The maximum absolute atomic E-state index is 11.4. The van der Waals surface area contributed by atoms with Crippen LogP contribution in [0.2, 0.25) is 0 Å². The van der Waals surface area contributed by atoms with E-state index in [1.54, 1.807) is 13.0 Å². The minimum atomic E-state index is 0.0220. The molecule has 0 aliphatic carbocycles. The molecule has 1 aliphatic rings. The van der Waals surface area contributed by atoms with Crippen molar-refractivity contribution in [2.24, 2.45) is 10.1 Å². The van der Waals surface area contributed by atoms with Crippen molar-refractivity contribution in [3.05, 3.63) is 156 Å². The number of carbonyl (C=O) groups excluding carboxylic acids is 1. The van der Waals surface area contributed by atoms with Crippen LogP contribution < -0.4 is 0 Å². The van der Waals surface area contributed by atoms with Crippen LogP contribution in [0.25, 0.3) is 34.0 Å². The highest BCUT2D eigenvalue weighted by molar-refractivity contribution is 6.37. The number of rotatable bonds is 7. The summed E-state index contributed by atoms with van der Waals surface area (Å²) >= 11 is 0. The Kier molecular flexibility index (Phi) is 6.97. The lowest BCUT2D eigenvalue weighted by Gasteiger charge is -2.07. The summed E-state index contributed by atoms with van der Waals surface area (Å²) in [6.07, 6.45) is 7.56. The molecule has 1 aliphatic heterocycles. The van der Waals surface area contributed by atoms with E-state index in [0.717, 1.165) is 50.4 Å². The van der Waals surface area contributed by atoms with Crippen LogP contribution in [0, 0.1) is 0 Å². The molecule has 0 unspecified atom stereocenters. The zero-order valence-electron chi connectivity index (χ0n) is 22.1. The summed E-state index contributed by atoms with van der Waals surface area (Å²) in [5.74, 6) is 0.659. The van der Waals surface area contributed by atoms with Gasteiger partial charge < -0.3 is 0 Å². The zero-order valence-corrected chi connectivity index (χ0v) is 22.1. The zero-order chi connectivity index (χ0) is 27.3. The van der Waals surface area contributed by atoms with Gasteiger partial charge in [0.25, 0.3) is 0 Å². The molecule has 40 heavy (non-hydrogen) atoms. The summed E-state index contributed by atoms with van der Waals surface area (Å²) in [5, 5.41) is 5.11. The van der Waals surface area contributed by atoms with Crippen molar-refractivity contribution in [2.75, 3.05) is 0 Å². The average molecular weight is 518 g/mol. The summed E-state index contributed by atoms with van der Waals surface area (Å²) in [7, 11) is 0. The van der Waals surface area contributed by atoms with Crippen LogP contribution in [0.15, 0.2) is 150 Å². The van der Waals surface area contributed by atoms with E-state index in [1.165, 1.54) is 0 Å². The second-order valence-corrected chi connectivity index (χ2v) is 9.60. The summed E-state index contributed by atoms with van der Waals surface area (Å²) in [5.41, 5.74) is 9.08. The highest BCUT2D eigenvalue weighted by Gasteiger charge is 2.20. The third-order valence-corrected chi connectivity index (χ3v) is 6.73. The minimum absolute atomic E-state index is 0.0220. The second-order valence-electron chi connectivity index (χ2n) is 9.60. The normalized spacial score (nSPS) is 14.0. The summed E-state index contributed by atoms with van der Waals surface area (Å²) in [6, 6.07) is 41.1. The molecule has 0 amide bonds. The van der Waals surface area contributed by atoms with Gasteiger partial charge in [0.2, 0.25) is 0 Å². The van der Waals surface area contributed by atoms with Gasteiger partial charge in [-0.05, 0) is 41.8 Å². The number of benzene rings is 4. The molecule has 0 N–H and O–H groups in total. The Morgan fingerprint density at radius 1 is 0.700 bits per heavy atom. The largest absolute Gasteiger partial charge is 0.295 e. The molecule has 0 radical (unpaired) electrons. The van der Waals surface area contributed by atoms with Gasteiger partial charge in [-0.1, -0.05) is 121 Å². The van der Waals surface area contributed by atoms with Crippen molar-refractivity contribution >= 4 is 29.0 Å². The van der Waals surface area contributed by atoms with Crippen LogP contribution >= 0.6 is 0 Å². The minimum Gasteiger partial charge on any atom is -0.295 e. The van der Waals surface area contributed by atoms with E-state index in [-0.39, 0.29) is 5.78 Å². The highest BCUT2D eigenvalue weighted by atomic mass is 16.1. The fourth-order valence-electron chi connectivity index (χ4n) is 4.69. The van der Waals surface area contributed by atoms with Crippen LogP contribution in [0.4, 0.5) is 0 Å². The van der Waals surface area contributed by atoms with Crippen LogP contribution in [0.1, 0.15) is 23.6 Å². The molecule has 1 aromatic heterocycles. The third kappa shape index (κ3) is 5.42. The Bertz CT molecular complexity index is 1770. The van der Waals surface area contributed by atoms with Crippen molar-refractivity contribution in [3.8, 4) is 22.4 Å². The molecule has 0 atom stereocenters. The van der Waals surface area contributed by atoms with Gasteiger partial charge in [0.05, 0.1) is 11.4 Å². The molecule has 192 valence electrons. The molecule has 0 fully saturated rings. The first kappa shape index (κ1) is 25.0. The second kappa shape index (κ2) is 11.2. The predicted molar refractivity (Wildman–Crippen MR) is 165 cm³/mol. The number of hydrogen-bond donors (Lipinski definition) is 0. The van der Waals surface area contributed by atoms with Crippen molar-refractivity contribution < 1.29 is 4.79 Å². The van der Waals surface area contributed by atoms with Crippen molar-refractivity contribution in [1.82, 2.24) is 4.68 Å². The van der Waals surface area contributed by atoms with Crippen LogP contribution in [0.3, 0.4) is 0 Å². The molecule has 0 saturated heterocycles. The third-order valence-electron chi connectivity index (χ3n) is 6.73. The standard InChI is InChI=1S/C36H27N3O/c1-26(40)17-18-27-19-21-29(22-20-27)33-24-34(30-13-7-3-8-14-30)37-36(33)38-39-25-32(28-11-5-2-6-12-28)23-35(39)31-15-9-4-10-16-31/h2-25H,1H3/b18-17+,38-36-. The maximum Gasteiger partial charge on any atom is 0.181 e.